The van der Waals surface area contributed by atoms with E-state index in [1.165, 1.54) is 12.5 Å². The van der Waals surface area contributed by atoms with Gasteiger partial charge in [-0.15, -0.1) is 0 Å². The molecule has 0 aliphatic carbocycles. The average molecular weight is 561 g/mol. The molecule has 1 fully saturated rings. The highest BCUT2D eigenvalue weighted by molar-refractivity contribution is 5.82. The zero-order valence-corrected chi connectivity index (χ0v) is 24.2. The molecule has 0 spiro atoms. The van der Waals surface area contributed by atoms with Gasteiger partial charge in [0, 0.05) is 38.0 Å². The Bertz CT molecular complexity index is 1270. The number of esters is 1. The van der Waals surface area contributed by atoms with Gasteiger partial charge in [0.2, 0.25) is 0 Å². The lowest BCUT2D eigenvalue weighted by molar-refractivity contribution is -0.253. The molecule has 3 aromatic carbocycles. The van der Waals surface area contributed by atoms with Crippen molar-refractivity contribution >= 4 is 11.9 Å². The number of benzene rings is 3. The Morgan fingerprint density at radius 2 is 1.59 bits per heavy atom. The number of aliphatic hydroxyl groups is 1. The first-order valence-electron chi connectivity index (χ1n) is 14.0. The van der Waals surface area contributed by atoms with Gasteiger partial charge in [-0.05, 0) is 43.1 Å². The lowest BCUT2D eigenvalue weighted by Gasteiger charge is -2.39. The predicted molar refractivity (Wildman–Crippen MR) is 155 cm³/mol. The minimum absolute atomic E-state index is 0.00218. The van der Waals surface area contributed by atoms with Gasteiger partial charge in [-0.2, -0.15) is 0 Å². The topological polar surface area (TPSA) is 97.3 Å². The molecule has 8 nitrogen and oxygen atoms in total. The van der Waals surface area contributed by atoms with E-state index in [9.17, 15) is 14.7 Å². The summed E-state index contributed by atoms with van der Waals surface area (Å²) in [7, 11) is 2.11. The summed E-state index contributed by atoms with van der Waals surface area (Å²) in [5, 5.41) is 12.3. The molecule has 0 aromatic heterocycles. The summed E-state index contributed by atoms with van der Waals surface area (Å²) >= 11 is 0. The molecule has 0 saturated carbocycles. The van der Waals surface area contributed by atoms with E-state index in [0.717, 1.165) is 28.8 Å². The lowest BCUT2D eigenvalue weighted by Crippen LogP contribution is -2.38. The van der Waals surface area contributed by atoms with Crippen LogP contribution >= 0.6 is 0 Å². The summed E-state index contributed by atoms with van der Waals surface area (Å²) in [5.41, 5.74) is 4.93. The number of rotatable bonds is 11. The van der Waals surface area contributed by atoms with Gasteiger partial charge in [-0.25, -0.2) is 0 Å². The molecule has 1 amide bonds. The summed E-state index contributed by atoms with van der Waals surface area (Å²) < 4.78 is 17.9. The van der Waals surface area contributed by atoms with Crippen LogP contribution in [0.1, 0.15) is 73.4 Å². The van der Waals surface area contributed by atoms with Gasteiger partial charge in [0.15, 0.2) is 12.4 Å². The predicted octanol–water partition coefficient (Wildman–Crippen LogP) is 4.99. The zero-order chi connectivity index (χ0) is 29.4. The Kier molecular flexibility index (Phi) is 10.7. The van der Waals surface area contributed by atoms with Crippen LogP contribution in [-0.2, 0) is 37.0 Å². The molecule has 5 atom stereocenters. The third kappa shape index (κ3) is 8.47. The summed E-state index contributed by atoms with van der Waals surface area (Å²) in [6.07, 6.45) is -0.961. The molecule has 1 aliphatic heterocycles. The van der Waals surface area contributed by atoms with Crippen LogP contribution in [0.3, 0.4) is 0 Å². The fourth-order valence-corrected chi connectivity index (χ4v) is 4.93. The monoisotopic (exact) mass is 560 g/mol. The molecule has 1 aliphatic rings. The van der Waals surface area contributed by atoms with Crippen LogP contribution in [0.25, 0.3) is 0 Å². The molecule has 1 saturated heterocycles. The number of likely N-dealkylation sites (N-methyl/N-ethyl adjacent to an activating group) is 1. The smallest absolute Gasteiger partial charge is 0.303 e. The number of aliphatic hydroxyl groups excluding tert-OH is 1. The molecular formula is C33H40N2O6. The molecule has 2 N–H and O–H groups in total. The Morgan fingerprint density at radius 3 is 2.22 bits per heavy atom. The number of amides is 1. The Labute approximate surface area is 242 Å². The molecular weight excluding hydrogens is 520 g/mol. The van der Waals surface area contributed by atoms with Crippen LogP contribution in [0, 0.1) is 0 Å². The van der Waals surface area contributed by atoms with Crippen molar-refractivity contribution in [3.05, 3.63) is 107 Å². The zero-order valence-electron chi connectivity index (χ0n) is 24.2. The van der Waals surface area contributed by atoms with Gasteiger partial charge in [0.25, 0.3) is 5.91 Å². The maximum atomic E-state index is 12.2. The standard InChI is InChI=1S/C33H40N2O6/c1-22(27-8-6-5-7-9-27)35(4)20-30-18-31(28-14-12-26(21-36)13-15-28)41-33(40-30)29-16-10-25(11-17-29)19-34-32(38)23(2)39-24(3)37/h5-17,22-23,30-31,33,36H,18-21H2,1-4H3,(H,34,38). The minimum Gasteiger partial charge on any atom is -0.453 e. The fraction of sp³-hybridized carbons (Fsp3) is 0.394. The van der Waals surface area contributed by atoms with Gasteiger partial charge in [-0.3, -0.25) is 14.5 Å². The first-order chi connectivity index (χ1) is 19.7. The summed E-state index contributed by atoms with van der Waals surface area (Å²) in [5.74, 6) is -0.846. The van der Waals surface area contributed by atoms with E-state index in [1.807, 2.05) is 54.6 Å². The SMILES string of the molecule is CC(=O)OC(C)C(=O)NCc1ccc(C2OC(CN(C)C(C)c3ccccc3)CC(c3ccc(CO)cc3)O2)cc1. The molecule has 0 radical (unpaired) electrons. The fourth-order valence-electron chi connectivity index (χ4n) is 4.93. The van der Waals surface area contributed by atoms with Crippen LogP contribution in [-0.4, -0.2) is 47.7 Å². The van der Waals surface area contributed by atoms with E-state index in [1.54, 1.807) is 6.92 Å². The van der Waals surface area contributed by atoms with Crippen molar-refractivity contribution in [2.24, 2.45) is 0 Å². The van der Waals surface area contributed by atoms with Crippen molar-refractivity contribution in [1.29, 1.82) is 0 Å². The number of hydrogen-bond donors (Lipinski definition) is 2. The van der Waals surface area contributed by atoms with Gasteiger partial charge in [0.1, 0.15) is 0 Å². The van der Waals surface area contributed by atoms with E-state index in [2.05, 4.69) is 48.5 Å². The molecule has 0 bridgehead atoms. The van der Waals surface area contributed by atoms with E-state index < -0.39 is 18.4 Å². The Balaban J connectivity index is 1.46. The highest BCUT2D eigenvalue weighted by Crippen LogP contribution is 2.38. The quantitative estimate of drug-likeness (QED) is 0.319. The van der Waals surface area contributed by atoms with Gasteiger partial charge in [0.05, 0.1) is 18.8 Å². The van der Waals surface area contributed by atoms with Crippen molar-refractivity contribution in [3.8, 4) is 0 Å². The lowest BCUT2D eigenvalue weighted by atomic mass is 9.99. The van der Waals surface area contributed by atoms with Crippen molar-refractivity contribution < 1.29 is 28.9 Å². The number of hydrogen-bond acceptors (Lipinski definition) is 7. The highest BCUT2D eigenvalue weighted by atomic mass is 16.7. The Hall–Kier alpha value is -3.56. The number of nitrogens with one attached hydrogen (secondary N) is 1. The summed E-state index contributed by atoms with van der Waals surface area (Å²) in [6, 6.07) is 26.3. The van der Waals surface area contributed by atoms with Crippen molar-refractivity contribution in [2.75, 3.05) is 13.6 Å². The second-order valence-electron chi connectivity index (χ2n) is 10.6. The molecule has 41 heavy (non-hydrogen) atoms. The van der Waals surface area contributed by atoms with Gasteiger partial charge < -0.3 is 24.6 Å². The average Bonchev–Trinajstić information content (AvgIpc) is 2.99. The second-order valence-corrected chi connectivity index (χ2v) is 10.6. The minimum atomic E-state index is -0.848. The largest absolute Gasteiger partial charge is 0.453 e. The van der Waals surface area contributed by atoms with E-state index in [0.29, 0.717) is 13.0 Å². The summed E-state index contributed by atoms with van der Waals surface area (Å²) in [4.78, 5) is 25.6. The number of nitrogens with zero attached hydrogens (tertiary/aromatic N) is 1. The van der Waals surface area contributed by atoms with Crippen molar-refractivity contribution in [3.63, 3.8) is 0 Å². The number of carbonyl (C=O) groups excluding carboxylic acids is 2. The summed E-state index contributed by atoms with van der Waals surface area (Å²) in [6.45, 7) is 6.05. The molecule has 4 rings (SSSR count). The first kappa shape index (κ1) is 30.4. The first-order valence-corrected chi connectivity index (χ1v) is 14.0. The van der Waals surface area contributed by atoms with Crippen molar-refractivity contribution in [1.82, 2.24) is 10.2 Å². The van der Waals surface area contributed by atoms with Crippen LogP contribution in [0.15, 0.2) is 78.9 Å². The third-order valence-electron chi connectivity index (χ3n) is 7.48. The molecule has 3 aromatic rings. The van der Waals surface area contributed by atoms with Crippen LogP contribution in [0.4, 0.5) is 0 Å². The van der Waals surface area contributed by atoms with E-state index in [4.69, 9.17) is 14.2 Å². The van der Waals surface area contributed by atoms with E-state index >= 15 is 0 Å². The third-order valence-corrected chi connectivity index (χ3v) is 7.48. The molecule has 218 valence electrons. The number of ether oxygens (including phenoxy) is 3. The molecule has 1 heterocycles. The van der Waals surface area contributed by atoms with Gasteiger partial charge in [-0.1, -0.05) is 78.9 Å². The maximum Gasteiger partial charge on any atom is 0.303 e. The molecule has 5 unspecified atom stereocenters. The maximum absolute atomic E-state index is 12.2. The second kappa shape index (κ2) is 14.4. The van der Waals surface area contributed by atoms with Crippen LogP contribution < -0.4 is 5.32 Å². The van der Waals surface area contributed by atoms with Crippen LogP contribution in [0.5, 0.6) is 0 Å². The van der Waals surface area contributed by atoms with E-state index in [-0.39, 0.29) is 30.8 Å². The normalized spacial score (nSPS) is 20.3. The van der Waals surface area contributed by atoms with Crippen molar-refractivity contribution in [2.45, 2.75) is 71.0 Å². The highest BCUT2D eigenvalue weighted by Gasteiger charge is 2.33. The van der Waals surface area contributed by atoms with Crippen LogP contribution in [0.2, 0.25) is 0 Å². The molecule has 8 heteroatoms. The Morgan fingerprint density at radius 1 is 0.951 bits per heavy atom. The number of carbonyl (C=O) groups is 2. The van der Waals surface area contributed by atoms with Gasteiger partial charge >= 0.3 is 5.97 Å².